The molecule has 0 unspecified atom stereocenters. The number of hydrogen-bond donors (Lipinski definition) is 1. The molecule has 0 spiro atoms. The Hall–Kier alpha value is -3.25. The molecule has 5 nitrogen and oxygen atoms in total. The first kappa shape index (κ1) is 21.5. The average molecular weight is 437 g/mol. The number of rotatable bonds is 5. The van der Waals surface area contributed by atoms with Gasteiger partial charge in [-0.15, -0.1) is 0 Å². The zero-order valence-electron chi connectivity index (χ0n) is 16.2. The van der Waals surface area contributed by atoms with Crippen LogP contribution in [0.25, 0.3) is 16.9 Å². The summed E-state index contributed by atoms with van der Waals surface area (Å²) >= 11 is 12.4. The zero-order chi connectivity index (χ0) is 21.7. The van der Waals surface area contributed by atoms with E-state index in [1.165, 1.54) is 0 Å². The third-order valence-electron chi connectivity index (χ3n) is 4.46. The number of nitrogens with two attached hydrogens (primary N) is 1. The number of nitrogens with zero attached hydrogens (tertiary/aromatic N) is 3. The van der Waals surface area contributed by atoms with Crippen molar-refractivity contribution in [3.05, 3.63) is 69.3 Å². The molecule has 2 aromatic carbocycles. The number of aromatic nitrogens is 2. The Balaban J connectivity index is 2.14. The monoisotopic (exact) mass is 436 g/mol. The molecule has 0 bridgehead atoms. The highest BCUT2D eigenvalue weighted by atomic mass is 35.5. The number of carbonyl (C=O) groups is 1. The minimum absolute atomic E-state index is 0.207. The van der Waals surface area contributed by atoms with Gasteiger partial charge in [0.15, 0.2) is 5.69 Å². The van der Waals surface area contributed by atoms with E-state index in [4.69, 9.17) is 34.2 Å². The highest BCUT2D eigenvalue weighted by Gasteiger charge is 2.23. The molecule has 0 aliphatic heterocycles. The van der Waals surface area contributed by atoms with Gasteiger partial charge in [-0.25, -0.2) is 4.68 Å². The molecule has 7 heteroatoms. The first-order chi connectivity index (χ1) is 14.5. The molecule has 0 aliphatic carbocycles. The molecule has 150 valence electrons. The average Bonchev–Trinajstić information content (AvgIpc) is 3.11. The van der Waals surface area contributed by atoms with Crippen molar-refractivity contribution in [3.8, 4) is 34.9 Å². The largest absolute Gasteiger partial charge is 0.364 e. The van der Waals surface area contributed by atoms with Gasteiger partial charge in [-0.3, -0.25) is 4.79 Å². The lowest BCUT2D eigenvalue weighted by Crippen LogP contribution is -2.14. The maximum absolute atomic E-state index is 12.0. The number of hydrogen-bond acceptors (Lipinski definition) is 3. The van der Waals surface area contributed by atoms with Crippen molar-refractivity contribution >= 4 is 29.1 Å². The van der Waals surface area contributed by atoms with Crippen molar-refractivity contribution < 1.29 is 4.79 Å². The highest BCUT2D eigenvalue weighted by Crippen LogP contribution is 2.33. The lowest BCUT2D eigenvalue weighted by molar-refractivity contribution is 0.0994. The molecule has 1 heterocycles. The van der Waals surface area contributed by atoms with E-state index in [2.05, 4.69) is 23.0 Å². The van der Waals surface area contributed by atoms with Crippen LogP contribution in [0.5, 0.6) is 0 Å². The van der Waals surface area contributed by atoms with Crippen molar-refractivity contribution in [3.63, 3.8) is 0 Å². The van der Waals surface area contributed by atoms with E-state index in [9.17, 15) is 4.79 Å². The molecule has 3 rings (SSSR count). The number of amides is 1. The molecule has 0 aliphatic rings. The van der Waals surface area contributed by atoms with Crippen LogP contribution in [0.4, 0.5) is 0 Å². The van der Waals surface area contributed by atoms with Gasteiger partial charge in [0.1, 0.15) is 0 Å². The first-order valence-corrected chi connectivity index (χ1v) is 10.0. The first-order valence-electron chi connectivity index (χ1n) is 9.29. The van der Waals surface area contributed by atoms with Crippen LogP contribution in [-0.4, -0.2) is 15.7 Å². The Morgan fingerprint density at radius 3 is 2.50 bits per heavy atom. The molecule has 1 aromatic heterocycles. The van der Waals surface area contributed by atoms with Crippen LogP contribution in [0.15, 0.2) is 42.5 Å². The van der Waals surface area contributed by atoms with Crippen LogP contribution in [0.3, 0.4) is 0 Å². The Kier molecular flexibility index (Phi) is 6.79. The fraction of sp³-hybridized carbons (Fsp3) is 0.174. The molecule has 1 amide bonds. The zero-order valence-corrected chi connectivity index (χ0v) is 17.8. The molecular formula is C23H18Cl2N4O. The third-order valence-corrected chi connectivity index (χ3v) is 5.00. The van der Waals surface area contributed by atoms with Gasteiger partial charge >= 0.3 is 0 Å². The third kappa shape index (κ3) is 4.49. The molecular weight excluding hydrogens is 419 g/mol. The van der Waals surface area contributed by atoms with Gasteiger partial charge in [-0.05, 0) is 36.8 Å². The summed E-state index contributed by atoms with van der Waals surface area (Å²) in [6, 6.07) is 14.8. The lowest BCUT2D eigenvalue weighted by atomic mass is 10.0. The Morgan fingerprint density at radius 2 is 1.90 bits per heavy atom. The van der Waals surface area contributed by atoms with Gasteiger partial charge in [0.25, 0.3) is 5.91 Å². The standard InChI is InChI=1S/C23H18Cl2N4O/c1-2-18-21(23(27)30)28-29(20-12-11-17(24)14-19(20)25)22(18)16-9-7-15(8-10-16)6-4-3-5-13-26/h7-12,14H,2-3,5H2,1H3,(H2,27,30). The highest BCUT2D eigenvalue weighted by molar-refractivity contribution is 6.35. The molecule has 0 radical (unpaired) electrons. The van der Waals surface area contributed by atoms with Gasteiger partial charge in [-0.1, -0.05) is 54.1 Å². The maximum Gasteiger partial charge on any atom is 0.269 e. The molecule has 0 saturated heterocycles. The van der Waals surface area contributed by atoms with E-state index < -0.39 is 5.91 Å². The van der Waals surface area contributed by atoms with Crippen molar-refractivity contribution in [2.24, 2.45) is 5.73 Å². The van der Waals surface area contributed by atoms with E-state index in [1.54, 1.807) is 22.9 Å². The summed E-state index contributed by atoms with van der Waals surface area (Å²) in [4.78, 5) is 12.0. The number of benzene rings is 2. The number of nitriles is 1. The van der Waals surface area contributed by atoms with E-state index in [0.29, 0.717) is 35.0 Å². The van der Waals surface area contributed by atoms with Crippen LogP contribution < -0.4 is 5.73 Å². The van der Waals surface area contributed by atoms with Crippen LogP contribution >= 0.6 is 23.2 Å². The number of carbonyl (C=O) groups excluding carboxylic acids is 1. The van der Waals surface area contributed by atoms with Gasteiger partial charge < -0.3 is 5.73 Å². The summed E-state index contributed by atoms with van der Waals surface area (Å²) in [6.07, 6.45) is 1.50. The van der Waals surface area contributed by atoms with Gasteiger partial charge in [0, 0.05) is 34.6 Å². The second kappa shape index (κ2) is 9.50. The fourth-order valence-corrected chi connectivity index (χ4v) is 3.59. The smallest absolute Gasteiger partial charge is 0.269 e. The van der Waals surface area contributed by atoms with E-state index in [-0.39, 0.29) is 5.69 Å². The fourth-order valence-electron chi connectivity index (χ4n) is 3.10. The summed E-state index contributed by atoms with van der Waals surface area (Å²) < 4.78 is 1.63. The van der Waals surface area contributed by atoms with Crippen molar-refractivity contribution in [2.45, 2.75) is 26.2 Å². The normalized spacial score (nSPS) is 10.2. The summed E-state index contributed by atoms with van der Waals surface area (Å²) in [5, 5.41) is 14.0. The number of halogens is 2. The molecule has 2 N–H and O–H groups in total. The summed E-state index contributed by atoms with van der Waals surface area (Å²) in [6.45, 7) is 1.94. The lowest BCUT2D eigenvalue weighted by Gasteiger charge is -2.11. The van der Waals surface area contributed by atoms with E-state index in [1.807, 2.05) is 31.2 Å². The summed E-state index contributed by atoms with van der Waals surface area (Å²) in [5.41, 5.74) is 9.54. The molecule has 3 aromatic rings. The Morgan fingerprint density at radius 1 is 1.17 bits per heavy atom. The molecule has 0 fully saturated rings. The van der Waals surface area contributed by atoms with Crippen LogP contribution in [0.2, 0.25) is 10.0 Å². The molecule has 0 saturated carbocycles. The minimum atomic E-state index is -0.600. The Bertz CT molecular complexity index is 1190. The number of primary amides is 1. The molecule has 0 atom stereocenters. The maximum atomic E-state index is 12.0. The van der Waals surface area contributed by atoms with Crippen LogP contribution in [0, 0.1) is 23.2 Å². The van der Waals surface area contributed by atoms with Crippen molar-refractivity contribution in [1.82, 2.24) is 9.78 Å². The topological polar surface area (TPSA) is 84.7 Å². The quantitative estimate of drug-likeness (QED) is 0.442. The number of unbranched alkanes of at least 4 members (excludes halogenated alkanes) is 1. The van der Waals surface area contributed by atoms with Crippen LogP contribution in [0.1, 0.15) is 41.4 Å². The van der Waals surface area contributed by atoms with Crippen LogP contribution in [-0.2, 0) is 6.42 Å². The van der Waals surface area contributed by atoms with E-state index >= 15 is 0 Å². The molecule has 30 heavy (non-hydrogen) atoms. The predicted molar refractivity (Wildman–Crippen MR) is 119 cm³/mol. The minimum Gasteiger partial charge on any atom is -0.364 e. The van der Waals surface area contributed by atoms with Gasteiger partial charge in [0.2, 0.25) is 0 Å². The van der Waals surface area contributed by atoms with E-state index in [0.717, 1.165) is 22.4 Å². The van der Waals surface area contributed by atoms with Gasteiger partial charge in [0.05, 0.1) is 22.5 Å². The summed E-state index contributed by atoms with van der Waals surface area (Å²) in [7, 11) is 0. The van der Waals surface area contributed by atoms with Gasteiger partial charge in [-0.2, -0.15) is 10.4 Å². The summed E-state index contributed by atoms with van der Waals surface area (Å²) in [5.74, 6) is 5.41. The Labute approximate surface area is 185 Å². The second-order valence-electron chi connectivity index (χ2n) is 6.44. The predicted octanol–water partition coefficient (Wildman–Crippen LogP) is 5.16. The van der Waals surface area contributed by atoms with Crippen molar-refractivity contribution in [2.75, 3.05) is 0 Å². The SMILES string of the molecule is CCc1c(C(N)=O)nn(-c2ccc(Cl)cc2Cl)c1-c1ccc(C#CCCC#N)cc1. The van der Waals surface area contributed by atoms with Crippen molar-refractivity contribution in [1.29, 1.82) is 5.26 Å². The second-order valence-corrected chi connectivity index (χ2v) is 7.28.